The number of nitrogens with one attached hydrogen (secondary N) is 2. The molecule has 3 aromatic rings. The SMILES string of the molecule is Cc1cc(N)ccc1Oc1ncccc1-c1ccnc(NC2CCC(NC(=O)OC(C)(C)C)CC2)n1. The van der Waals surface area contributed by atoms with Gasteiger partial charge in [0.1, 0.15) is 11.4 Å². The number of amides is 1. The molecule has 1 saturated carbocycles. The van der Waals surface area contributed by atoms with Crippen LogP contribution in [0.15, 0.2) is 48.8 Å². The number of anilines is 2. The normalized spacial score (nSPS) is 17.8. The van der Waals surface area contributed by atoms with E-state index in [2.05, 4.69) is 20.6 Å². The summed E-state index contributed by atoms with van der Waals surface area (Å²) in [6, 6.07) is 11.5. The summed E-state index contributed by atoms with van der Waals surface area (Å²) in [5.41, 5.74) is 8.45. The molecular weight excluding hydrogens is 456 g/mol. The maximum Gasteiger partial charge on any atom is 0.407 e. The molecule has 0 atom stereocenters. The average Bonchev–Trinajstić information content (AvgIpc) is 2.81. The molecule has 0 bridgehead atoms. The quantitative estimate of drug-likeness (QED) is 0.389. The van der Waals surface area contributed by atoms with Gasteiger partial charge in [-0.05, 0) is 95.3 Å². The lowest BCUT2D eigenvalue weighted by atomic mass is 9.91. The third-order valence-corrected chi connectivity index (χ3v) is 5.89. The second-order valence-electron chi connectivity index (χ2n) is 10.1. The molecule has 9 nitrogen and oxygen atoms in total. The zero-order valence-electron chi connectivity index (χ0n) is 21.2. The molecule has 4 rings (SSSR count). The van der Waals surface area contributed by atoms with E-state index in [-0.39, 0.29) is 18.2 Å². The molecule has 1 fully saturated rings. The number of nitrogen functional groups attached to an aromatic ring is 1. The summed E-state index contributed by atoms with van der Waals surface area (Å²) < 4.78 is 11.5. The van der Waals surface area contributed by atoms with Crippen LogP contribution in [0.5, 0.6) is 11.6 Å². The van der Waals surface area contributed by atoms with Crippen LogP contribution in [0, 0.1) is 6.92 Å². The van der Waals surface area contributed by atoms with Crippen LogP contribution >= 0.6 is 0 Å². The number of carbonyl (C=O) groups is 1. The predicted octanol–water partition coefficient (Wildman–Crippen LogP) is 5.47. The first-order valence-corrected chi connectivity index (χ1v) is 12.2. The van der Waals surface area contributed by atoms with Gasteiger partial charge in [0.2, 0.25) is 11.8 Å². The van der Waals surface area contributed by atoms with Gasteiger partial charge in [-0.15, -0.1) is 0 Å². The zero-order valence-corrected chi connectivity index (χ0v) is 21.2. The van der Waals surface area contributed by atoms with Gasteiger partial charge >= 0.3 is 6.09 Å². The average molecular weight is 491 g/mol. The van der Waals surface area contributed by atoms with Crippen molar-refractivity contribution in [1.29, 1.82) is 0 Å². The van der Waals surface area contributed by atoms with Crippen molar-refractivity contribution in [3.8, 4) is 22.9 Å². The van der Waals surface area contributed by atoms with Gasteiger partial charge in [-0.1, -0.05) is 0 Å². The number of aromatic nitrogens is 3. The van der Waals surface area contributed by atoms with Crippen LogP contribution in [0.1, 0.15) is 52.0 Å². The molecule has 2 aromatic heterocycles. The van der Waals surface area contributed by atoms with Crippen molar-refractivity contribution in [2.75, 3.05) is 11.1 Å². The summed E-state index contributed by atoms with van der Waals surface area (Å²) >= 11 is 0. The van der Waals surface area contributed by atoms with Crippen molar-refractivity contribution in [3.63, 3.8) is 0 Å². The number of carbonyl (C=O) groups excluding carboxylic acids is 1. The highest BCUT2D eigenvalue weighted by Gasteiger charge is 2.25. The lowest BCUT2D eigenvalue weighted by Gasteiger charge is -2.30. The number of aryl methyl sites for hydroxylation is 1. The third kappa shape index (κ3) is 6.84. The molecule has 1 aliphatic carbocycles. The summed E-state index contributed by atoms with van der Waals surface area (Å²) in [6.45, 7) is 7.53. The molecule has 1 amide bonds. The van der Waals surface area contributed by atoms with Crippen molar-refractivity contribution in [2.45, 2.75) is 71.1 Å². The smallest absolute Gasteiger partial charge is 0.407 e. The number of rotatable bonds is 6. The highest BCUT2D eigenvalue weighted by Crippen LogP contribution is 2.32. The zero-order chi connectivity index (χ0) is 25.7. The number of ether oxygens (including phenoxy) is 2. The lowest BCUT2D eigenvalue weighted by molar-refractivity contribution is 0.0492. The molecule has 36 heavy (non-hydrogen) atoms. The van der Waals surface area contributed by atoms with Crippen molar-refractivity contribution in [1.82, 2.24) is 20.3 Å². The van der Waals surface area contributed by atoms with E-state index in [4.69, 9.17) is 20.2 Å². The number of nitrogens with zero attached hydrogens (tertiary/aromatic N) is 3. The van der Waals surface area contributed by atoms with Gasteiger partial charge in [0.25, 0.3) is 0 Å². The first kappa shape index (κ1) is 25.2. The van der Waals surface area contributed by atoms with E-state index in [1.807, 2.05) is 58.0 Å². The Bertz CT molecular complexity index is 1200. The number of nitrogens with two attached hydrogens (primary N) is 1. The van der Waals surface area contributed by atoms with Crippen LogP contribution in [0.2, 0.25) is 0 Å². The van der Waals surface area contributed by atoms with E-state index < -0.39 is 5.60 Å². The summed E-state index contributed by atoms with van der Waals surface area (Å²) in [7, 11) is 0. The van der Waals surface area contributed by atoms with Crippen LogP contribution in [0.25, 0.3) is 11.3 Å². The fourth-order valence-electron chi connectivity index (χ4n) is 4.18. The maximum atomic E-state index is 12.1. The van der Waals surface area contributed by atoms with Crippen LogP contribution < -0.4 is 21.1 Å². The number of alkyl carbamates (subject to hydrolysis) is 1. The summed E-state index contributed by atoms with van der Waals surface area (Å²) in [5, 5.41) is 6.42. The molecule has 0 unspecified atom stereocenters. The number of pyridine rings is 1. The second-order valence-corrected chi connectivity index (χ2v) is 10.1. The lowest BCUT2D eigenvalue weighted by Crippen LogP contribution is -2.42. The van der Waals surface area contributed by atoms with Crippen LogP contribution in [0.4, 0.5) is 16.4 Å². The summed E-state index contributed by atoms with van der Waals surface area (Å²) in [4.78, 5) is 25.6. The largest absolute Gasteiger partial charge is 0.444 e. The fourth-order valence-corrected chi connectivity index (χ4v) is 4.18. The van der Waals surface area contributed by atoms with Gasteiger partial charge in [0, 0.05) is 30.2 Å². The topological polar surface area (TPSA) is 124 Å². The van der Waals surface area contributed by atoms with Crippen molar-refractivity contribution in [3.05, 3.63) is 54.4 Å². The monoisotopic (exact) mass is 490 g/mol. The Morgan fingerprint density at radius 1 is 1.03 bits per heavy atom. The Hall–Kier alpha value is -3.88. The highest BCUT2D eigenvalue weighted by molar-refractivity contribution is 5.68. The van der Waals surface area contributed by atoms with Gasteiger partial charge in [0.05, 0.1) is 11.3 Å². The number of hydrogen-bond donors (Lipinski definition) is 3. The number of benzene rings is 1. The van der Waals surface area contributed by atoms with E-state index >= 15 is 0 Å². The molecule has 1 aliphatic rings. The molecule has 190 valence electrons. The predicted molar refractivity (Wildman–Crippen MR) is 140 cm³/mol. The van der Waals surface area contributed by atoms with Crippen molar-refractivity contribution < 1.29 is 14.3 Å². The molecule has 0 aliphatic heterocycles. The van der Waals surface area contributed by atoms with Gasteiger partial charge in [0.15, 0.2) is 0 Å². The van der Waals surface area contributed by atoms with E-state index in [0.29, 0.717) is 29.0 Å². The third-order valence-electron chi connectivity index (χ3n) is 5.89. The van der Waals surface area contributed by atoms with Gasteiger partial charge in [-0.25, -0.2) is 19.7 Å². The highest BCUT2D eigenvalue weighted by atomic mass is 16.6. The van der Waals surface area contributed by atoms with Gasteiger partial charge < -0.3 is 25.8 Å². The maximum absolute atomic E-state index is 12.1. The molecule has 0 saturated heterocycles. The number of hydrogen-bond acceptors (Lipinski definition) is 8. The molecule has 2 heterocycles. The Morgan fingerprint density at radius 3 is 2.50 bits per heavy atom. The Morgan fingerprint density at radius 2 is 1.78 bits per heavy atom. The molecular formula is C27H34N6O3. The minimum Gasteiger partial charge on any atom is -0.444 e. The molecule has 4 N–H and O–H groups in total. The van der Waals surface area contributed by atoms with E-state index in [1.165, 1.54) is 0 Å². The van der Waals surface area contributed by atoms with Crippen LogP contribution in [-0.4, -0.2) is 38.7 Å². The van der Waals surface area contributed by atoms with E-state index in [9.17, 15) is 4.79 Å². The molecule has 0 spiro atoms. The summed E-state index contributed by atoms with van der Waals surface area (Å²) in [5.74, 6) is 1.70. The standard InChI is InChI=1S/C27H34N6O3/c1-17-16-18(28)7-12-23(17)35-24-21(6-5-14-29-24)22-13-15-30-25(33-22)31-19-8-10-20(11-9-19)32-26(34)36-27(2,3)4/h5-7,12-16,19-20H,8-11,28H2,1-4H3,(H,32,34)(H,30,31,33). The minimum absolute atomic E-state index is 0.108. The molecule has 1 aromatic carbocycles. The molecule has 0 radical (unpaired) electrons. The van der Waals surface area contributed by atoms with Gasteiger partial charge in [-0.2, -0.15) is 0 Å². The molecule has 9 heteroatoms. The Balaban J connectivity index is 1.39. The second kappa shape index (κ2) is 10.8. The summed E-state index contributed by atoms with van der Waals surface area (Å²) in [6.07, 6.45) is 6.56. The van der Waals surface area contributed by atoms with Crippen molar-refractivity contribution >= 4 is 17.7 Å². The van der Waals surface area contributed by atoms with Gasteiger partial charge in [-0.3, -0.25) is 0 Å². The van der Waals surface area contributed by atoms with Crippen LogP contribution in [0.3, 0.4) is 0 Å². The first-order chi connectivity index (χ1) is 17.2. The van der Waals surface area contributed by atoms with Crippen LogP contribution in [-0.2, 0) is 4.74 Å². The fraction of sp³-hybridized carbons (Fsp3) is 0.407. The Kier molecular flexibility index (Phi) is 7.57. The first-order valence-electron chi connectivity index (χ1n) is 12.2. The van der Waals surface area contributed by atoms with Crippen molar-refractivity contribution in [2.24, 2.45) is 0 Å². The van der Waals surface area contributed by atoms with E-state index in [1.54, 1.807) is 18.5 Å². The minimum atomic E-state index is -0.502. The van der Waals surface area contributed by atoms with E-state index in [0.717, 1.165) is 36.8 Å². The Labute approximate surface area is 211 Å².